The lowest BCUT2D eigenvalue weighted by atomic mass is 9.92. The Morgan fingerprint density at radius 2 is 2.32 bits per heavy atom. The number of hydrogen-bond donors (Lipinski definition) is 2. The van der Waals surface area contributed by atoms with Crippen LogP contribution in [0.5, 0.6) is 0 Å². The van der Waals surface area contributed by atoms with Gasteiger partial charge in [0.1, 0.15) is 5.82 Å². The first kappa shape index (κ1) is 14.0. The van der Waals surface area contributed by atoms with Crippen LogP contribution in [0.4, 0.5) is 4.39 Å². The minimum atomic E-state index is -0.309. The predicted octanol–water partition coefficient (Wildman–Crippen LogP) is 2.25. The molecule has 0 saturated carbocycles. The fourth-order valence-corrected chi connectivity index (χ4v) is 2.57. The van der Waals surface area contributed by atoms with Crippen LogP contribution >= 0.6 is 0 Å². The molecule has 2 unspecified atom stereocenters. The third-order valence-corrected chi connectivity index (χ3v) is 3.85. The monoisotopic (exact) mass is 264 g/mol. The van der Waals surface area contributed by atoms with E-state index in [1.165, 1.54) is 31.0 Å². The van der Waals surface area contributed by atoms with Crippen LogP contribution in [0.3, 0.4) is 0 Å². The van der Waals surface area contributed by atoms with Crippen molar-refractivity contribution < 1.29 is 9.18 Å². The number of benzene rings is 1. The highest BCUT2D eigenvalue weighted by atomic mass is 19.1. The Hall–Kier alpha value is -1.42. The van der Waals surface area contributed by atoms with Crippen LogP contribution in [0.25, 0.3) is 0 Å². The van der Waals surface area contributed by atoms with Gasteiger partial charge >= 0.3 is 0 Å². The van der Waals surface area contributed by atoms with E-state index in [1.54, 1.807) is 6.92 Å². The maximum Gasteiger partial charge on any atom is 0.251 e. The fourth-order valence-electron chi connectivity index (χ4n) is 2.57. The first-order chi connectivity index (χ1) is 9.08. The van der Waals surface area contributed by atoms with E-state index in [2.05, 4.69) is 17.6 Å². The number of rotatable bonds is 3. The summed E-state index contributed by atoms with van der Waals surface area (Å²) in [4.78, 5) is 12.1. The van der Waals surface area contributed by atoms with Crippen LogP contribution in [0.1, 0.15) is 35.7 Å². The molecule has 1 fully saturated rings. The number of carbonyl (C=O) groups excluding carboxylic acids is 1. The molecule has 3 nitrogen and oxygen atoms in total. The second-order valence-corrected chi connectivity index (χ2v) is 5.35. The van der Waals surface area contributed by atoms with Crippen LogP contribution in [0, 0.1) is 18.7 Å². The minimum absolute atomic E-state index is 0.128. The summed E-state index contributed by atoms with van der Waals surface area (Å²) >= 11 is 0. The first-order valence-electron chi connectivity index (χ1n) is 6.85. The number of halogens is 1. The molecule has 2 atom stereocenters. The van der Waals surface area contributed by atoms with E-state index >= 15 is 0 Å². The largest absolute Gasteiger partial charge is 0.350 e. The number of nitrogens with one attached hydrogen (secondary N) is 2. The predicted molar refractivity (Wildman–Crippen MR) is 73.7 cm³/mol. The lowest BCUT2D eigenvalue weighted by Crippen LogP contribution is -2.47. The molecule has 1 saturated heterocycles. The molecule has 1 aromatic carbocycles. The van der Waals surface area contributed by atoms with Crippen molar-refractivity contribution in [1.29, 1.82) is 0 Å². The van der Waals surface area contributed by atoms with Crippen molar-refractivity contribution in [3.8, 4) is 0 Å². The number of carbonyl (C=O) groups is 1. The zero-order chi connectivity index (χ0) is 13.8. The smallest absolute Gasteiger partial charge is 0.251 e. The van der Waals surface area contributed by atoms with Gasteiger partial charge in [-0.2, -0.15) is 0 Å². The van der Waals surface area contributed by atoms with Crippen molar-refractivity contribution >= 4 is 5.91 Å². The van der Waals surface area contributed by atoms with Crippen LogP contribution in [0.2, 0.25) is 0 Å². The molecule has 1 aliphatic rings. The molecule has 0 aromatic heterocycles. The summed E-state index contributed by atoms with van der Waals surface area (Å²) in [6.45, 7) is 5.59. The van der Waals surface area contributed by atoms with Crippen molar-refractivity contribution in [3.63, 3.8) is 0 Å². The van der Waals surface area contributed by atoms with Gasteiger partial charge in [-0.1, -0.05) is 6.92 Å². The van der Waals surface area contributed by atoms with Gasteiger partial charge in [0.2, 0.25) is 0 Å². The Morgan fingerprint density at radius 1 is 1.53 bits per heavy atom. The summed E-state index contributed by atoms with van der Waals surface area (Å²) in [6, 6.07) is 4.58. The molecular formula is C15H21FN2O. The molecular weight excluding hydrogens is 243 g/mol. The van der Waals surface area contributed by atoms with E-state index in [-0.39, 0.29) is 11.7 Å². The number of hydrogen-bond acceptors (Lipinski definition) is 2. The van der Waals surface area contributed by atoms with Crippen LogP contribution in [-0.2, 0) is 0 Å². The SMILES string of the molecule is Cc1cc(F)ccc1C(=O)NCC1NCCCC1C. The maximum atomic E-state index is 13.0. The summed E-state index contributed by atoms with van der Waals surface area (Å²) in [7, 11) is 0. The second-order valence-electron chi connectivity index (χ2n) is 5.35. The van der Waals surface area contributed by atoms with Gasteiger partial charge in [0.25, 0.3) is 5.91 Å². The molecule has 0 aliphatic carbocycles. The molecule has 1 heterocycles. The molecule has 0 radical (unpaired) electrons. The Kier molecular flexibility index (Phi) is 4.53. The molecule has 1 aromatic rings. The first-order valence-corrected chi connectivity index (χ1v) is 6.85. The molecule has 0 spiro atoms. The number of piperidine rings is 1. The van der Waals surface area contributed by atoms with Gasteiger partial charge in [-0.3, -0.25) is 4.79 Å². The van der Waals surface area contributed by atoms with E-state index in [4.69, 9.17) is 0 Å². The highest BCUT2D eigenvalue weighted by Gasteiger charge is 2.21. The van der Waals surface area contributed by atoms with Crippen LogP contribution in [0.15, 0.2) is 18.2 Å². The van der Waals surface area contributed by atoms with Crippen molar-refractivity contribution in [3.05, 3.63) is 35.1 Å². The third-order valence-electron chi connectivity index (χ3n) is 3.85. The highest BCUT2D eigenvalue weighted by Crippen LogP contribution is 2.15. The summed E-state index contributed by atoms with van der Waals surface area (Å²) in [6.07, 6.45) is 2.39. The molecule has 1 aliphatic heterocycles. The van der Waals surface area contributed by atoms with Gasteiger partial charge in [-0.05, 0) is 56.0 Å². The van der Waals surface area contributed by atoms with Crippen molar-refractivity contribution in [1.82, 2.24) is 10.6 Å². The average molecular weight is 264 g/mol. The van der Waals surface area contributed by atoms with Crippen molar-refractivity contribution in [2.24, 2.45) is 5.92 Å². The van der Waals surface area contributed by atoms with Gasteiger partial charge in [0.15, 0.2) is 0 Å². The zero-order valence-corrected chi connectivity index (χ0v) is 11.5. The molecule has 1 amide bonds. The molecule has 19 heavy (non-hydrogen) atoms. The molecule has 4 heteroatoms. The Labute approximate surface area is 113 Å². The Morgan fingerprint density at radius 3 is 3.00 bits per heavy atom. The van der Waals surface area contributed by atoms with Crippen LogP contribution in [-0.4, -0.2) is 25.0 Å². The van der Waals surface area contributed by atoms with Gasteiger partial charge in [-0.25, -0.2) is 4.39 Å². The van der Waals surface area contributed by atoms with Gasteiger partial charge in [0.05, 0.1) is 0 Å². The molecule has 2 rings (SSSR count). The average Bonchev–Trinajstić information content (AvgIpc) is 2.37. The second kappa shape index (κ2) is 6.15. The fraction of sp³-hybridized carbons (Fsp3) is 0.533. The van der Waals surface area contributed by atoms with E-state index in [0.717, 1.165) is 6.54 Å². The topological polar surface area (TPSA) is 41.1 Å². The van der Waals surface area contributed by atoms with E-state index < -0.39 is 0 Å². The Bertz CT molecular complexity index is 461. The van der Waals surface area contributed by atoms with Gasteiger partial charge in [0, 0.05) is 18.2 Å². The lowest BCUT2D eigenvalue weighted by molar-refractivity contribution is 0.0943. The molecule has 0 bridgehead atoms. The summed E-state index contributed by atoms with van der Waals surface area (Å²) in [5.74, 6) is 0.136. The van der Waals surface area contributed by atoms with Gasteiger partial charge < -0.3 is 10.6 Å². The summed E-state index contributed by atoms with van der Waals surface area (Å²) in [5, 5.41) is 6.36. The zero-order valence-electron chi connectivity index (χ0n) is 11.5. The third kappa shape index (κ3) is 3.53. The van der Waals surface area contributed by atoms with E-state index in [1.807, 2.05) is 0 Å². The Balaban J connectivity index is 1.93. The van der Waals surface area contributed by atoms with E-state index in [9.17, 15) is 9.18 Å². The molecule has 104 valence electrons. The highest BCUT2D eigenvalue weighted by molar-refractivity contribution is 5.95. The quantitative estimate of drug-likeness (QED) is 0.879. The lowest BCUT2D eigenvalue weighted by Gasteiger charge is -2.30. The summed E-state index contributed by atoms with van der Waals surface area (Å²) < 4.78 is 13.0. The molecule has 2 N–H and O–H groups in total. The number of amides is 1. The number of aryl methyl sites for hydroxylation is 1. The summed E-state index contributed by atoms with van der Waals surface area (Å²) in [5.41, 5.74) is 1.21. The minimum Gasteiger partial charge on any atom is -0.350 e. The normalized spacial score (nSPS) is 23.1. The maximum absolute atomic E-state index is 13.0. The van der Waals surface area contributed by atoms with Crippen LogP contribution < -0.4 is 10.6 Å². The van der Waals surface area contributed by atoms with E-state index in [0.29, 0.717) is 29.6 Å². The van der Waals surface area contributed by atoms with Crippen molar-refractivity contribution in [2.45, 2.75) is 32.7 Å². The van der Waals surface area contributed by atoms with Gasteiger partial charge in [-0.15, -0.1) is 0 Å². The van der Waals surface area contributed by atoms with Crippen molar-refractivity contribution in [2.75, 3.05) is 13.1 Å². The standard InChI is InChI=1S/C15H21FN2O/c1-10-4-3-7-17-14(10)9-18-15(19)13-6-5-12(16)8-11(13)2/h5-6,8,10,14,17H,3-4,7,9H2,1-2H3,(H,18,19).